The van der Waals surface area contributed by atoms with Gasteiger partial charge in [0.15, 0.2) is 0 Å². The number of amides is 1. The van der Waals surface area contributed by atoms with E-state index in [1.165, 1.54) is 0 Å². The first-order valence-electron chi connectivity index (χ1n) is 9.30. The van der Waals surface area contributed by atoms with E-state index in [1.54, 1.807) is 19.5 Å². The number of methoxy groups -OCH3 is 1. The van der Waals surface area contributed by atoms with Gasteiger partial charge in [-0.3, -0.25) is 4.79 Å². The third-order valence-electron chi connectivity index (χ3n) is 5.24. The molecule has 4 N–H and O–H groups in total. The van der Waals surface area contributed by atoms with Crippen molar-refractivity contribution in [2.24, 2.45) is 5.92 Å². The van der Waals surface area contributed by atoms with E-state index < -0.39 is 0 Å². The minimum Gasteiger partial charge on any atom is -0.496 e. The first kappa shape index (κ1) is 24.9. The third kappa shape index (κ3) is 6.45. The Balaban J connectivity index is 0.00000210. The molecule has 160 valence electrons. The highest BCUT2D eigenvalue weighted by molar-refractivity contribution is 5.85. The average molecular weight is 442 g/mol. The molecule has 1 amide bonds. The highest BCUT2D eigenvalue weighted by atomic mass is 35.5. The van der Waals surface area contributed by atoms with E-state index in [0.717, 1.165) is 48.1 Å². The Hall–Kier alpha value is -2.09. The molecule has 0 radical (unpaired) electrons. The second-order valence-electron chi connectivity index (χ2n) is 6.91. The van der Waals surface area contributed by atoms with Crippen LogP contribution < -0.4 is 21.1 Å². The van der Waals surface area contributed by atoms with Gasteiger partial charge in [0.25, 0.3) is 0 Å². The van der Waals surface area contributed by atoms with Crippen molar-refractivity contribution in [3.63, 3.8) is 0 Å². The summed E-state index contributed by atoms with van der Waals surface area (Å²) in [5.74, 6) is 1.20. The zero-order valence-corrected chi connectivity index (χ0v) is 18.3. The number of nitrogen functional groups attached to an aromatic ring is 1. The van der Waals surface area contributed by atoms with Crippen LogP contribution in [0, 0.1) is 5.92 Å². The number of ether oxygens (including phenoxy) is 1. The molecule has 0 aliphatic heterocycles. The molecule has 0 bridgehead atoms. The van der Waals surface area contributed by atoms with Gasteiger partial charge in [0.2, 0.25) is 11.9 Å². The zero-order valence-electron chi connectivity index (χ0n) is 16.7. The summed E-state index contributed by atoms with van der Waals surface area (Å²) in [6.45, 7) is 0.428. The smallest absolute Gasteiger partial charge is 0.223 e. The lowest BCUT2D eigenvalue weighted by molar-refractivity contribution is -0.126. The highest BCUT2D eigenvalue weighted by Gasteiger charge is 2.25. The van der Waals surface area contributed by atoms with Crippen molar-refractivity contribution >= 4 is 36.7 Å². The molecule has 7 nitrogen and oxygen atoms in total. The maximum Gasteiger partial charge on any atom is 0.223 e. The number of benzene rings is 1. The first-order chi connectivity index (χ1) is 13.1. The van der Waals surface area contributed by atoms with Crippen molar-refractivity contribution in [3.05, 3.63) is 36.2 Å². The van der Waals surface area contributed by atoms with Crippen molar-refractivity contribution in [3.8, 4) is 16.9 Å². The van der Waals surface area contributed by atoms with Crippen LogP contribution in [0.15, 0.2) is 30.6 Å². The number of carbonyl (C=O) groups is 1. The number of carbonyl (C=O) groups excluding carboxylic acids is 1. The van der Waals surface area contributed by atoms with Crippen LogP contribution in [-0.4, -0.2) is 36.1 Å². The highest BCUT2D eigenvalue weighted by Crippen LogP contribution is 2.27. The standard InChI is InChI=1S/C20H27N5O2.2ClH/c1-22-17-6-3-13(4-7-17)19(26)23-10-15-9-14(5-8-18(15)27-2)16-11-24-20(21)25-12-16;;/h5,8-9,11-13,17,22H,3-4,6-7,10H2,1-2H3,(H,23,26)(H2,21,24,25);2*1H. The second-order valence-corrected chi connectivity index (χ2v) is 6.91. The minimum atomic E-state index is 0. The zero-order chi connectivity index (χ0) is 19.2. The van der Waals surface area contributed by atoms with Gasteiger partial charge in [0, 0.05) is 42.0 Å². The Morgan fingerprint density at radius 2 is 1.79 bits per heavy atom. The molecule has 29 heavy (non-hydrogen) atoms. The summed E-state index contributed by atoms with van der Waals surface area (Å²) in [7, 11) is 3.61. The lowest BCUT2D eigenvalue weighted by Gasteiger charge is -2.27. The van der Waals surface area contributed by atoms with Crippen LogP contribution in [0.5, 0.6) is 5.75 Å². The average Bonchev–Trinajstić information content (AvgIpc) is 2.72. The topological polar surface area (TPSA) is 102 Å². The summed E-state index contributed by atoms with van der Waals surface area (Å²) in [4.78, 5) is 20.6. The summed E-state index contributed by atoms with van der Waals surface area (Å²) in [5, 5.41) is 6.37. The number of nitrogens with zero attached hydrogens (tertiary/aromatic N) is 2. The first-order valence-corrected chi connectivity index (χ1v) is 9.30. The third-order valence-corrected chi connectivity index (χ3v) is 5.24. The van der Waals surface area contributed by atoms with Crippen LogP contribution in [0.3, 0.4) is 0 Å². The molecular formula is C20H29Cl2N5O2. The molecule has 0 unspecified atom stereocenters. The molecule has 1 saturated carbocycles. The van der Waals surface area contributed by atoms with Gasteiger partial charge in [0.1, 0.15) is 5.75 Å². The van der Waals surface area contributed by atoms with Crippen LogP contribution in [0.1, 0.15) is 31.2 Å². The maximum absolute atomic E-state index is 12.6. The van der Waals surface area contributed by atoms with Crippen LogP contribution in [0.2, 0.25) is 0 Å². The van der Waals surface area contributed by atoms with Crippen molar-refractivity contribution < 1.29 is 9.53 Å². The Bertz CT molecular complexity index is 781. The number of nitrogens with two attached hydrogens (primary N) is 1. The van der Waals surface area contributed by atoms with Crippen LogP contribution in [0.4, 0.5) is 5.95 Å². The predicted octanol–water partition coefficient (Wildman–Crippen LogP) is 2.97. The molecule has 0 spiro atoms. The van der Waals surface area contributed by atoms with Crippen molar-refractivity contribution in [1.82, 2.24) is 20.6 Å². The monoisotopic (exact) mass is 441 g/mol. The van der Waals surface area contributed by atoms with Crippen molar-refractivity contribution in [1.29, 1.82) is 0 Å². The molecule has 1 aromatic carbocycles. The number of rotatable bonds is 6. The molecule has 9 heteroatoms. The minimum absolute atomic E-state index is 0. The fraction of sp³-hybridized carbons (Fsp3) is 0.450. The molecule has 1 aliphatic rings. The normalized spacial score (nSPS) is 18.1. The Morgan fingerprint density at radius 3 is 2.38 bits per heavy atom. The van der Waals surface area contributed by atoms with Crippen molar-refractivity contribution in [2.75, 3.05) is 19.9 Å². The van der Waals surface area contributed by atoms with E-state index >= 15 is 0 Å². The van der Waals surface area contributed by atoms with Crippen molar-refractivity contribution in [2.45, 2.75) is 38.3 Å². The van der Waals surface area contributed by atoms with Gasteiger partial charge in [-0.25, -0.2) is 9.97 Å². The lowest BCUT2D eigenvalue weighted by Crippen LogP contribution is -2.37. The molecule has 1 heterocycles. The fourth-order valence-electron chi connectivity index (χ4n) is 3.55. The van der Waals surface area contributed by atoms with Gasteiger partial charge < -0.3 is 21.1 Å². The van der Waals surface area contributed by atoms with E-state index in [1.807, 2.05) is 25.2 Å². The lowest BCUT2D eigenvalue weighted by atomic mass is 9.85. The SMILES string of the molecule is CNC1CCC(C(=O)NCc2cc(-c3cnc(N)nc3)ccc2OC)CC1.Cl.Cl. The molecule has 1 aliphatic carbocycles. The number of hydrogen-bond donors (Lipinski definition) is 3. The summed E-state index contributed by atoms with van der Waals surface area (Å²) in [6.07, 6.45) is 7.32. The summed E-state index contributed by atoms with van der Waals surface area (Å²) < 4.78 is 5.45. The molecular weight excluding hydrogens is 413 g/mol. The van der Waals surface area contributed by atoms with Gasteiger partial charge in [-0.1, -0.05) is 6.07 Å². The quantitative estimate of drug-likeness (QED) is 0.636. The molecule has 3 rings (SSSR count). The molecule has 1 aromatic heterocycles. The number of aromatic nitrogens is 2. The van der Waals surface area contributed by atoms with Gasteiger partial charge >= 0.3 is 0 Å². The number of halogens is 2. The molecule has 1 fully saturated rings. The molecule has 0 saturated heterocycles. The van der Waals surface area contributed by atoms with Gasteiger partial charge in [-0.2, -0.15) is 0 Å². The predicted molar refractivity (Wildman–Crippen MR) is 120 cm³/mol. The second kappa shape index (κ2) is 11.8. The maximum atomic E-state index is 12.6. The largest absolute Gasteiger partial charge is 0.496 e. The van der Waals surface area contributed by atoms with Crippen LogP contribution in [0.25, 0.3) is 11.1 Å². The van der Waals surface area contributed by atoms with Crippen LogP contribution in [-0.2, 0) is 11.3 Å². The molecule has 2 aromatic rings. The Labute approximate surface area is 184 Å². The van der Waals surface area contributed by atoms with E-state index in [-0.39, 0.29) is 42.6 Å². The van der Waals surface area contributed by atoms with Crippen LogP contribution >= 0.6 is 24.8 Å². The number of hydrogen-bond acceptors (Lipinski definition) is 6. The summed E-state index contributed by atoms with van der Waals surface area (Å²) in [6, 6.07) is 6.36. The van der Waals surface area contributed by atoms with Gasteiger partial charge in [-0.05, 0) is 50.4 Å². The Morgan fingerprint density at radius 1 is 1.14 bits per heavy atom. The van der Waals surface area contributed by atoms with Gasteiger partial charge in [-0.15, -0.1) is 24.8 Å². The van der Waals surface area contributed by atoms with E-state index in [0.29, 0.717) is 12.6 Å². The Kier molecular flexibility index (Phi) is 10.2. The summed E-state index contributed by atoms with van der Waals surface area (Å²) >= 11 is 0. The van der Waals surface area contributed by atoms with Gasteiger partial charge in [0.05, 0.1) is 7.11 Å². The van der Waals surface area contributed by atoms with E-state index in [4.69, 9.17) is 10.5 Å². The molecule has 0 atom stereocenters. The fourth-order valence-corrected chi connectivity index (χ4v) is 3.55. The van der Waals surface area contributed by atoms with E-state index in [2.05, 4.69) is 20.6 Å². The van der Waals surface area contributed by atoms with E-state index in [9.17, 15) is 4.79 Å². The number of anilines is 1. The summed E-state index contributed by atoms with van der Waals surface area (Å²) in [5.41, 5.74) is 8.30. The number of nitrogens with one attached hydrogen (secondary N) is 2.